The minimum Gasteiger partial charge on any atom is -0.321 e. The molecule has 1 amide bonds. The monoisotopic (exact) mass is 321 g/mol. The third kappa shape index (κ3) is 1.30. The van der Waals surface area contributed by atoms with Gasteiger partial charge in [0.15, 0.2) is 3.23 Å². The fraction of sp³-hybridized carbons (Fsp3) is 0.222. The van der Waals surface area contributed by atoms with E-state index in [1.165, 1.54) is 6.07 Å². The lowest BCUT2D eigenvalue weighted by molar-refractivity contribution is -0.115. The summed E-state index contributed by atoms with van der Waals surface area (Å²) in [6.07, 6.45) is 0. The molecule has 0 bridgehead atoms. The average Bonchev–Trinajstić information content (AvgIpc) is 2.28. The third-order valence-corrected chi connectivity index (χ3v) is 3.67. The highest BCUT2D eigenvalue weighted by atomic mass is 79.9. The van der Waals surface area contributed by atoms with Crippen molar-refractivity contribution >= 4 is 43.5 Å². The van der Waals surface area contributed by atoms with Crippen molar-refractivity contribution in [1.82, 2.24) is 0 Å². The summed E-state index contributed by atoms with van der Waals surface area (Å²) >= 11 is 6.43. The van der Waals surface area contributed by atoms with Gasteiger partial charge in [0.25, 0.3) is 5.91 Å². The highest BCUT2D eigenvalue weighted by Gasteiger charge is 2.43. The standard InChI is InChI=1S/C9H6Br2FNO/c1-4-2-5-7(6(12)3-4)13-8(14)9(5,10)11/h2-3H,1H3,(H,13,14). The van der Waals surface area contributed by atoms with E-state index in [9.17, 15) is 9.18 Å². The molecule has 0 saturated carbocycles. The van der Waals surface area contributed by atoms with Crippen molar-refractivity contribution in [3.8, 4) is 0 Å². The number of alkyl halides is 2. The Morgan fingerprint density at radius 2 is 2.07 bits per heavy atom. The van der Waals surface area contributed by atoms with Gasteiger partial charge in [-0.05, 0) is 18.6 Å². The van der Waals surface area contributed by atoms with E-state index in [1.54, 1.807) is 13.0 Å². The van der Waals surface area contributed by atoms with Gasteiger partial charge in [0.05, 0.1) is 5.69 Å². The number of amides is 1. The van der Waals surface area contributed by atoms with Gasteiger partial charge in [-0.15, -0.1) is 0 Å². The van der Waals surface area contributed by atoms with Crippen LogP contribution in [0.2, 0.25) is 0 Å². The van der Waals surface area contributed by atoms with Crippen LogP contribution in [0.3, 0.4) is 0 Å². The fourth-order valence-corrected chi connectivity index (χ4v) is 2.25. The first-order chi connectivity index (χ1) is 6.43. The van der Waals surface area contributed by atoms with Gasteiger partial charge in [-0.25, -0.2) is 4.39 Å². The first-order valence-corrected chi connectivity index (χ1v) is 5.51. The molecule has 1 N–H and O–H groups in total. The van der Waals surface area contributed by atoms with Gasteiger partial charge in [-0.1, -0.05) is 37.9 Å². The number of anilines is 1. The topological polar surface area (TPSA) is 29.1 Å². The van der Waals surface area contributed by atoms with Crippen LogP contribution in [0.4, 0.5) is 10.1 Å². The zero-order chi connectivity index (χ0) is 10.5. The maximum absolute atomic E-state index is 13.4. The summed E-state index contributed by atoms with van der Waals surface area (Å²) in [5.41, 5.74) is 1.61. The summed E-state index contributed by atoms with van der Waals surface area (Å²) in [4.78, 5) is 11.4. The molecule has 1 aliphatic heterocycles. The molecule has 0 fully saturated rings. The second-order valence-electron chi connectivity index (χ2n) is 3.20. The number of hydrogen-bond acceptors (Lipinski definition) is 1. The summed E-state index contributed by atoms with van der Waals surface area (Å²) in [6.45, 7) is 1.78. The fourth-order valence-electron chi connectivity index (χ4n) is 1.43. The summed E-state index contributed by atoms with van der Waals surface area (Å²) in [5.74, 6) is -0.717. The first kappa shape index (κ1) is 10.1. The number of carbonyl (C=O) groups excluding carboxylic acids is 1. The number of carbonyl (C=O) groups is 1. The largest absolute Gasteiger partial charge is 0.321 e. The van der Waals surface area contributed by atoms with Crippen LogP contribution in [0.1, 0.15) is 11.1 Å². The molecule has 0 saturated heterocycles. The molecule has 0 aliphatic carbocycles. The Labute approximate surface area is 97.1 Å². The quantitative estimate of drug-likeness (QED) is 0.731. The van der Waals surface area contributed by atoms with E-state index in [1.807, 2.05) is 0 Å². The molecular formula is C9H6Br2FNO. The number of benzene rings is 1. The molecule has 74 valence electrons. The van der Waals surface area contributed by atoms with Gasteiger partial charge < -0.3 is 5.32 Å². The van der Waals surface area contributed by atoms with Crippen LogP contribution in [0, 0.1) is 12.7 Å². The van der Waals surface area contributed by atoms with E-state index in [4.69, 9.17) is 0 Å². The molecule has 2 rings (SSSR count). The Balaban J connectivity index is 2.71. The van der Waals surface area contributed by atoms with Gasteiger partial charge >= 0.3 is 0 Å². The van der Waals surface area contributed by atoms with Crippen LogP contribution < -0.4 is 5.32 Å². The number of hydrogen-bond donors (Lipinski definition) is 1. The Morgan fingerprint density at radius 3 is 2.71 bits per heavy atom. The zero-order valence-corrected chi connectivity index (χ0v) is 10.4. The molecule has 0 atom stereocenters. The number of rotatable bonds is 0. The van der Waals surface area contributed by atoms with Crippen molar-refractivity contribution in [1.29, 1.82) is 0 Å². The van der Waals surface area contributed by atoms with Crippen LogP contribution in [-0.4, -0.2) is 5.91 Å². The van der Waals surface area contributed by atoms with Crippen LogP contribution in [0.15, 0.2) is 12.1 Å². The normalized spacial score (nSPS) is 17.9. The van der Waals surface area contributed by atoms with E-state index in [0.29, 0.717) is 5.56 Å². The predicted molar refractivity (Wildman–Crippen MR) is 59.3 cm³/mol. The molecule has 0 radical (unpaired) electrons. The van der Waals surface area contributed by atoms with E-state index in [2.05, 4.69) is 37.2 Å². The van der Waals surface area contributed by atoms with Crippen molar-refractivity contribution in [2.24, 2.45) is 0 Å². The zero-order valence-electron chi connectivity index (χ0n) is 7.20. The maximum atomic E-state index is 13.4. The van der Waals surface area contributed by atoms with Crippen molar-refractivity contribution in [3.05, 3.63) is 29.1 Å². The second kappa shape index (κ2) is 3.03. The van der Waals surface area contributed by atoms with Gasteiger partial charge in [-0.3, -0.25) is 4.79 Å². The number of nitrogens with one attached hydrogen (secondary N) is 1. The predicted octanol–water partition coefficient (Wildman–Crippen LogP) is 3.03. The minimum absolute atomic E-state index is 0.245. The lowest BCUT2D eigenvalue weighted by Gasteiger charge is -2.10. The minimum atomic E-state index is -0.998. The SMILES string of the molecule is Cc1cc(F)c2c(c1)C(Br)(Br)C(=O)N2. The van der Waals surface area contributed by atoms with Crippen LogP contribution >= 0.6 is 31.9 Å². The molecule has 5 heteroatoms. The molecule has 14 heavy (non-hydrogen) atoms. The second-order valence-corrected chi connectivity index (χ2v) is 6.64. The van der Waals surface area contributed by atoms with Gasteiger partial charge in [0, 0.05) is 5.56 Å². The van der Waals surface area contributed by atoms with Gasteiger partial charge in [0.2, 0.25) is 0 Å². The Morgan fingerprint density at radius 1 is 1.43 bits per heavy atom. The van der Waals surface area contributed by atoms with Crippen LogP contribution in [-0.2, 0) is 8.03 Å². The number of fused-ring (bicyclic) bond motifs is 1. The molecule has 2 nitrogen and oxygen atoms in total. The molecule has 1 aliphatic rings. The molecular weight excluding hydrogens is 317 g/mol. The Kier molecular flexibility index (Phi) is 2.19. The number of halogens is 3. The summed E-state index contributed by atoms with van der Waals surface area (Å²) < 4.78 is 12.4. The van der Waals surface area contributed by atoms with E-state index < -0.39 is 9.05 Å². The summed E-state index contributed by atoms with van der Waals surface area (Å²) in [5, 5.41) is 2.48. The molecule has 0 spiro atoms. The van der Waals surface area contributed by atoms with Crippen LogP contribution in [0.25, 0.3) is 0 Å². The lowest BCUT2D eigenvalue weighted by atomic mass is 10.1. The van der Waals surface area contributed by atoms with E-state index in [-0.39, 0.29) is 11.6 Å². The van der Waals surface area contributed by atoms with E-state index in [0.717, 1.165) is 5.56 Å². The van der Waals surface area contributed by atoms with Crippen LogP contribution in [0.5, 0.6) is 0 Å². The summed E-state index contributed by atoms with van der Waals surface area (Å²) in [7, 11) is 0. The average molecular weight is 323 g/mol. The lowest BCUT2D eigenvalue weighted by Crippen LogP contribution is -2.20. The van der Waals surface area contributed by atoms with Gasteiger partial charge in [0.1, 0.15) is 5.82 Å². The molecule has 1 aromatic rings. The van der Waals surface area contributed by atoms with Crippen molar-refractivity contribution < 1.29 is 9.18 Å². The third-order valence-electron chi connectivity index (χ3n) is 2.10. The van der Waals surface area contributed by atoms with Gasteiger partial charge in [-0.2, -0.15) is 0 Å². The Hall–Kier alpha value is -0.420. The maximum Gasteiger partial charge on any atom is 0.256 e. The Bertz CT molecular complexity index is 431. The number of aryl methyl sites for hydroxylation is 1. The highest BCUT2D eigenvalue weighted by Crippen LogP contribution is 2.48. The smallest absolute Gasteiger partial charge is 0.256 e. The van der Waals surface area contributed by atoms with Crippen molar-refractivity contribution in [3.63, 3.8) is 0 Å². The van der Waals surface area contributed by atoms with Crippen molar-refractivity contribution in [2.75, 3.05) is 5.32 Å². The molecule has 1 heterocycles. The highest BCUT2D eigenvalue weighted by molar-refractivity contribution is 9.25. The van der Waals surface area contributed by atoms with Crippen molar-refractivity contribution in [2.45, 2.75) is 10.2 Å². The molecule has 0 aromatic heterocycles. The molecule has 0 unspecified atom stereocenters. The summed E-state index contributed by atoms with van der Waals surface area (Å²) in [6, 6.07) is 3.15. The molecule has 1 aromatic carbocycles. The van der Waals surface area contributed by atoms with E-state index >= 15 is 0 Å². The first-order valence-electron chi connectivity index (χ1n) is 3.93.